The molecule has 7 heteroatoms. The van der Waals surface area contributed by atoms with E-state index < -0.39 is 11.6 Å². The topological polar surface area (TPSA) is 73.4 Å². The summed E-state index contributed by atoms with van der Waals surface area (Å²) >= 11 is 10.9. The maximum atomic E-state index is 11.1. The van der Waals surface area contributed by atoms with Crippen LogP contribution in [0.3, 0.4) is 0 Å². The van der Waals surface area contributed by atoms with Crippen LogP contribution in [0.1, 0.15) is 31.2 Å². The number of benzene rings is 1. The molecule has 0 saturated carbocycles. The molecule has 1 saturated heterocycles. The van der Waals surface area contributed by atoms with Crippen molar-refractivity contribution in [2.45, 2.75) is 31.3 Å². The van der Waals surface area contributed by atoms with Gasteiger partial charge in [-0.3, -0.25) is 10.2 Å². The summed E-state index contributed by atoms with van der Waals surface area (Å²) in [5.41, 5.74) is 6.35. The third kappa shape index (κ3) is 3.82. The molecule has 0 aliphatic carbocycles. The van der Waals surface area contributed by atoms with Gasteiger partial charge in [0.2, 0.25) is 0 Å². The molecule has 1 heterocycles. The standard InChI is InChI=1S/C13H16ClN3O2S/c1-13(15-12(20)16-17-13)7-9(6-11(18)19)8-2-4-10(14)5-3-8/h2-5,9,17H,6-7H2,1H3,(H,18,19)(H2,15,16,20). The molecule has 0 spiro atoms. The Morgan fingerprint density at radius 3 is 2.60 bits per heavy atom. The Bertz CT molecular complexity index is 523. The first-order chi connectivity index (χ1) is 9.38. The quantitative estimate of drug-likeness (QED) is 0.623. The highest BCUT2D eigenvalue weighted by Gasteiger charge is 2.34. The van der Waals surface area contributed by atoms with E-state index in [9.17, 15) is 4.79 Å². The average molecular weight is 314 g/mol. The molecule has 108 valence electrons. The average Bonchev–Trinajstić information content (AvgIpc) is 2.68. The van der Waals surface area contributed by atoms with Crippen molar-refractivity contribution in [2.75, 3.05) is 0 Å². The summed E-state index contributed by atoms with van der Waals surface area (Å²) in [6.45, 7) is 1.93. The number of nitrogens with one attached hydrogen (secondary N) is 3. The van der Waals surface area contributed by atoms with Crippen LogP contribution in [0.4, 0.5) is 0 Å². The van der Waals surface area contributed by atoms with Gasteiger partial charge in [0.05, 0.1) is 6.42 Å². The molecule has 1 aliphatic heterocycles. The predicted molar refractivity (Wildman–Crippen MR) is 81.5 cm³/mol. The van der Waals surface area contributed by atoms with Crippen molar-refractivity contribution < 1.29 is 9.90 Å². The SMILES string of the molecule is CC1(CC(CC(=O)O)c2ccc(Cl)cc2)NNC(=S)N1. The Labute approximate surface area is 127 Å². The zero-order chi connectivity index (χ0) is 14.8. The fraction of sp³-hybridized carbons (Fsp3) is 0.385. The van der Waals surface area contributed by atoms with Gasteiger partial charge in [-0.05, 0) is 49.2 Å². The van der Waals surface area contributed by atoms with E-state index >= 15 is 0 Å². The molecule has 2 atom stereocenters. The summed E-state index contributed by atoms with van der Waals surface area (Å²) < 4.78 is 0. The lowest BCUT2D eigenvalue weighted by molar-refractivity contribution is -0.137. The minimum absolute atomic E-state index is 0.0490. The molecule has 2 rings (SSSR count). The van der Waals surface area contributed by atoms with Crippen molar-refractivity contribution in [3.8, 4) is 0 Å². The van der Waals surface area contributed by atoms with Crippen molar-refractivity contribution in [2.24, 2.45) is 0 Å². The second kappa shape index (κ2) is 5.95. The van der Waals surface area contributed by atoms with E-state index in [1.54, 1.807) is 12.1 Å². The van der Waals surface area contributed by atoms with Crippen LogP contribution in [0, 0.1) is 0 Å². The lowest BCUT2D eigenvalue weighted by Gasteiger charge is -2.28. The summed E-state index contributed by atoms with van der Waals surface area (Å²) in [7, 11) is 0. The van der Waals surface area contributed by atoms with E-state index in [1.807, 2.05) is 19.1 Å². The van der Waals surface area contributed by atoms with Crippen LogP contribution in [0.5, 0.6) is 0 Å². The van der Waals surface area contributed by atoms with Crippen LogP contribution < -0.4 is 16.2 Å². The molecular weight excluding hydrogens is 298 g/mol. The number of hydrazine groups is 1. The number of halogens is 1. The molecule has 1 aromatic rings. The summed E-state index contributed by atoms with van der Waals surface area (Å²) in [5.74, 6) is -0.973. The second-order valence-electron chi connectivity index (χ2n) is 5.09. The molecule has 5 nitrogen and oxygen atoms in total. The van der Waals surface area contributed by atoms with Crippen molar-refractivity contribution >= 4 is 34.9 Å². The molecule has 0 bridgehead atoms. The van der Waals surface area contributed by atoms with Crippen molar-refractivity contribution in [3.05, 3.63) is 34.9 Å². The predicted octanol–water partition coefficient (Wildman–Crippen LogP) is 1.99. The Kier molecular flexibility index (Phi) is 4.47. The third-order valence-electron chi connectivity index (χ3n) is 3.26. The summed E-state index contributed by atoms with van der Waals surface area (Å²) in [5, 5.41) is 13.4. The van der Waals surface area contributed by atoms with Crippen LogP contribution in [-0.4, -0.2) is 21.9 Å². The van der Waals surface area contributed by atoms with Gasteiger partial charge >= 0.3 is 5.97 Å². The summed E-state index contributed by atoms with van der Waals surface area (Å²) in [6.07, 6.45) is 0.626. The molecule has 4 N–H and O–H groups in total. The summed E-state index contributed by atoms with van der Waals surface area (Å²) in [6, 6.07) is 7.26. The van der Waals surface area contributed by atoms with E-state index in [1.165, 1.54) is 0 Å². The first-order valence-electron chi connectivity index (χ1n) is 6.20. The van der Waals surface area contributed by atoms with E-state index in [0.717, 1.165) is 5.56 Å². The first kappa shape index (κ1) is 15.0. The van der Waals surface area contributed by atoms with Crippen LogP contribution in [0.25, 0.3) is 0 Å². The zero-order valence-electron chi connectivity index (χ0n) is 10.9. The number of hydrogen-bond donors (Lipinski definition) is 4. The largest absolute Gasteiger partial charge is 0.481 e. The van der Waals surface area contributed by atoms with Crippen molar-refractivity contribution in [1.82, 2.24) is 16.2 Å². The van der Waals surface area contributed by atoms with Gasteiger partial charge in [-0.15, -0.1) is 0 Å². The fourth-order valence-electron chi connectivity index (χ4n) is 2.36. The van der Waals surface area contributed by atoms with Crippen molar-refractivity contribution in [3.63, 3.8) is 0 Å². The molecule has 1 fully saturated rings. The Morgan fingerprint density at radius 1 is 1.45 bits per heavy atom. The lowest BCUT2D eigenvalue weighted by atomic mass is 9.87. The number of rotatable bonds is 5. The number of carbonyl (C=O) groups is 1. The molecule has 20 heavy (non-hydrogen) atoms. The van der Waals surface area contributed by atoms with Gasteiger partial charge in [-0.1, -0.05) is 23.7 Å². The van der Waals surface area contributed by atoms with Gasteiger partial charge in [0, 0.05) is 5.02 Å². The number of carboxylic acids is 1. The minimum Gasteiger partial charge on any atom is -0.481 e. The highest BCUT2D eigenvalue weighted by Crippen LogP contribution is 2.29. The highest BCUT2D eigenvalue weighted by molar-refractivity contribution is 7.80. The van der Waals surface area contributed by atoms with Crippen LogP contribution in [-0.2, 0) is 4.79 Å². The molecular formula is C13H16ClN3O2S. The molecule has 0 amide bonds. The van der Waals surface area contributed by atoms with Gasteiger partial charge < -0.3 is 10.4 Å². The van der Waals surface area contributed by atoms with Gasteiger partial charge in [0.1, 0.15) is 5.66 Å². The monoisotopic (exact) mass is 313 g/mol. The molecule has 0 radical (unpaired) electrons. The van der Waals surface area contributed by atoms with E-state index in [0.29, 0.717) is 16.6 Å². The third-order valence-corrected chi connectivity index (χ3v) is 3.71. The first-order valence-corrected chi connectivity index (χ1v) is 6.99. The maximum absolute atomic E-state index is 11.1. The van der Waals surface area contributed by atoms with Gasteiger partial charge in [-0.25, -0.2) is 5.43 Å². The fourth-order valence-corrected chi connectivity index (χ4v) is 2.76. The van der Waals surface area contributed by atoms with Crippen LogP contribution in [0.2, 0.25) is 5.02 Å². The van der Waals surface area contributed by atoms with E-state index in [2.05, 4.69) is 16.2 Å². The molecule has 1 aromatic carbocycles. The second-order valence-corrected chi connectivity index (χ2v) is 5.93. The number of thiocarbonyl (C=S) groups is 1. The van der Waals surface area contributed by atoms with Crippen LogP contribution in [0.15, 0.2) is 24.3 Å². The van der Waals surface area contributed by atoms with Gasteiger partial charge in [0.25, 0.3) is 0 Å². The van der Waals surface area contributed by atoms with Gasteiger partial charge in [-0.2, -0.15) is 0 Å². The molecule has 0 aromatic heterocycles. The summed E-state index contributed by atoms with van der Waals surface area (Å²) in [4.78, 5) is 11.1. The number of carboxylic acid groups (broad SMARTS) is 1. The Hall–Kier alpha value is -1.37. The molecule has 1 aliphatic rings. The smallest absolute Gasteiger partial charge is 0.303 e. The number of aliphatic carboxylic acids is 1. The lowest BCUT2D eigenvalue weighted by Crippen LogP contribution is -2.48. The zero-order valence-corrected chi connectivity index (χ0v) is 12.5. The maximum Gasteiger partial charge on any atom is 0.303 e. The Morgan fingerprint density at radius 2 is 2.10 bits per heavy atom. The molecule has 2 unspecified atom stereocenters. The highest BCUT2D eigenvalue weighted by atomic mass is 35.5. The van der Waals surface area contributed by atoms with Crippen molar-refractivity contribution in [1.29, 1.82) is 0 Å². The Balaban J connectivity index is 2.17. The minimum atomic E-state index is -0.831. The number of hydrogen-bond acceptors (Lipinski definition) is 3. The van der Waals surface area contributed by atoms with Gasteiger partial charge in [0.15, 0.2) is 5.11 Å². The van der Waals surface area contributed by atoms with E-state index in [-0.39, 0.29) is 12.3 Å². The van der Waals surface area contributed by atoms with Crippen LogP contribution >= 0.6 is 23.8 Å². The normalized spacial score (nSPS) is 23.0. The van der Waals surface area contributed by atoms with E-state index in [4.69, 9.17) is 28.9 Å².